The number of hydrogen-bond acceptors (Lipinski definition) is 4. The van der Waals surface area contributed by atoms with Crippen LogP contribution in [0, 0.1) is 5.92 Å². The van der Waals surface area contributed by atoms with E-state index < -0.39 is 6.36 Å². The van der Waals surface area contributed by atoms with Crippen LogP contribution in [-0.2, 0) is 13.0 Å². The molecular weight excluding hydrogens is 457 g/mol. The van der Waals surface area contributed by atoms with Gasteiger partial charge in [-0.05, 0) is 49.1 Å². The first-order valence-corrected chi connectivity index (χ1v) is 11.0. The van der Waals surface area contributed by atoms with Crippen LogP contribution in [0.5, 0.6) is 5.75 Å². The van der Waals surface area contributed by atoms with Crippen molar-refractivity contribution in [2.45, 2.75) is 39.6 Å². The monoisotopic (exact) mass is 482 g/mol. The molecule has 1 aromatic carbocycles. The van der Waals surface area contributed by atoms with Gasteiger partial charge in [-0.25, -0.2) is 4.98 Å². The molecule has 1 atom stereocenters. The van der Waals surface area contributed by atoms with Crippen molar-refractivity contribution in [3.05, 3.63) is 64.6 Å². The summed E-state index contributed by atoms with van der Waals surface area (Å²) in [6.07, 6.45) is -1.50. The van der Waals surface area contributed by atoms with Crippen LogP contribution in [-0.4, -0.2) is 34.7 Å². The molecule has 3 aromatic rings. The number of halogens is 4. The van der Waals surface area contributed by atoms with Crippen LogP contribution in [0.3, 0.4) is 0 Å². The maximum atomic E-state index is 12.8. The van der Waals surface area contributed by atoms with Crippen LogP contribution in [0.4, 0.5) is 13.2 Å². The van der Waals surface area contributed by atoms with E-state index in [1.54, 1.807) is 34.9 Å². The van der Waals surface area contributed by atoms with Crippen molar-refractivity contribution < 1.29 is 22.7 Å². The third kappa shape index (κ3) is 7.10. The summed E-state index contributed by atoms with van der Waals surface area (Å²) < 4.78 is 42.2. The first-order valence-electron chi connectivity index (χ1n) is 10.7. The molecule has 0 saturated carbocycles. The Morgan fingerprint density at radius 3 is 2.64 bits per heavy atom. The molecule has 10 heteroatoms. The summed E-state index contributed by atoms with van der Waals surface area (Å²) in [5, 5.41) is 6.81. The Kier molecular flexibility index (Phi) is 8.20. The average Bonchev–Trinajstić information content (AvgIpc) is 3.12. The molecule has 33 heavy (non-hydrogen) atoms. The minimum Gasteiger partial charge on any atom is -0.406 e. The number of rotatable bonds is 10. The van der Waals surface area contributed by atoms with Gasteiger partial charge in [0, 0.05) is 30.4 Å². The van der Waals surface area contributed by atoms with Crippen molar-refractivity contribution in [2.24, 2.45) is 5.92 Å². The van der Waals surface area contributed by atoms with Crippen molar-refractivity contribution >= 4 is 23.2 Å². The number of amides is 1. The number of hydrogen-bond donors (Lipinski definition) is 2. The van der Waals surface area contributed by atoms with Gasteiger partial charge in [-0.15, -0.1) is 13.2 Å². The minimum atomic E-state index is -4.69. The summed E-state index contributed by atoms with van der Waals surface area (Å²) in [4.78, 5) is 17.3. The third-order valence-corrected chi connectivity index (χ3v) is 5.36. The number of nitrogens with one attached hydrogen (secondary N) is 2. The molecule has 1 amide bonds. The average molecular weight is 483 g/mol. The Balaban J connectivity index is 1.43. The smallest absolute Gasteiger partial charge is 0.406 e. The number of aromatic nitrogens is 2. The lowest BCUT2D eigenvalue weighted by Crippen LogP contribution is -2.31. The normalized spacial score (nSPS) is 12.7. The lowest BCUT2D eigenvalue weighted by Gasteiger charge is -2.14. The predicted molar refractivity (Wildman–Crippen MR) is 121 cm³/mol. The second-order valence-corrected chi connectivity index (χ2v) is 8.24. The first kappa shape index (κ1) is 24.9. The standard InChI is InChI=1S/C23H26ClF3N4O2/c1-3-19-21(31-11-9-17(24)12-20(31)30-19)22(32)29-13-15(2)8-10-28-14-16-4-6-18(7-5-16)33-23(25,26)27/h4-7,9,11-12,15,28H,3,8,10,13-14H2,1-2H3,(H,29,32). The molecule has 2 N–H and O–H groups in total. The number of pyridine rings is 1. The van der Waals surface area contributed by atoms with E-state index in [1.165, 1.54) is 12.1 Å². The van der Waals surface area contributed by atoms with Gasteiger partial charge in [-0.3, -0.25) is 9.20 Å². The minimum absolute atomic E-state index is 0.178. The van der Waals surface area contributed by atoms with Gasteiger partial charge in [0.1, 0.15) is 17.1 Å². The lowest BCUT2D eigenvalue weighted by molar-refractivity contribution is -0.274. The van der Waals surface area contributed by atoms with Gasteiger partial charge in [0.25, 0.3) is 5.91 Å². The quantitative estimate of drug-likeness (QED) is 0.399. The molecule has 6 nitrogen and oxygen atoms in total. The topological polar surface area (TPSA) is 67.7 Å². The summed E-state index contributed by atoms with van der Waals surface area (Å²) in [5.74, 6) is -0.193. The maximum Gasteiger partial charge on any atom is 0.573 e. The summed E-state index contributed by atoms with van der Waals surface area (Å²) in [7, 11) is 0. The van der Waals surface area contributed by atoms with Crippen LogP contribution in [0.1, 0.15) is 42.0 Å². The zero-order chi connectivity index (χ0) is 24.0. The maximum absolute atomic E-state index is 12.8. The van der Waals surface area contributed by atoms with Crippen LogP contribution in [0.15, 0.2) is 42.6 Å². The number of benzene rings is 1. The second kappa shape index (κ2) is 10.9. The summed E-state index contributed by atoms with van der Waals surface area (Å²) in [5.41, 5.74) is 2.73. The Morgan fingerprint density at radius 2 is 1.97 bits per heavy atom. The van der Waals surface area contributed by atoms with Gasteiger partial charge in [0.05, 0.1) is 5.69 Å². The highest BCUT2D eigenvalue weighted by molar-refractivity contribution is 6.30. The number of fused-ring (bicyclic) bond motifs is 1. The number of imidazole rings is 1. The van der Waals surface area contributed by atoms with Crippen LogP contribution < -0.4 is 15.4 Å². The Bertz CT molecular complexity index is 1080. The van der Waals surface area contributed by atoms with E-state index in [0.717, 1.165) is 17.7 Å². The molecule has 0 radical (unpaired) electrons. The molecule has 0 aliphatic carbocycles. The SMILES string of the molecule is CCc1nc2cc(Cl)ccn2c1C(=O)NCC(C)CCNCc1ccc(OC(F)(F)F)cc1. The molecule has 0 saturated heterocycles. The third-order valence-electron chi connectivity index (χ3n) is 5.12. The number of carbonyl (C=O) groups is 1. The Hall–Kier alpha value is -2.78. The Labute approximate surface area is 195 Å². The van der Waals surface area contributed by atoms with Gasteiger partial charge < -0.3 is 15.4 Å². The largest absolute Gasteiger partial charge is 0.573 e. The van der Waals surface area contributed by atoms with Crippen LogP contribution in [0.2, 0.25) is 5.02 Å². The zero-order valence-electron chi connectivity index (χ0n) is 18.4. The number of alkyl halides is 3. The van der Waals surface area contributed by atoms with E-state index in [2.05, 4.69) is 20.4 Å². The molecule has 0 spiro atoms. The van der Waals surface area contributed by atoms with Crippen LogP contribution >= 0.6 is 11.6 Å². The van der Waals surface area contributed by atoms with Crippen molar-refractivity contribution in [3.8, 4) is 5.75 Å². The predicted octanol–water partition coefficient (Wildman–Crippen LogP) is 4.99. The molecule has 2 heterocycles. The molecule has 178 valence electrons. The molecule has 0 bridgehead atoms. The van der Waals surface area contributed by atoms with Gasteiger partial charge in [0.15, 0.2) is 0 Å². The number of nitrogens with zero attached hydrogens (tertiary/aromatic N) is 2. The highest BCUT2D eigenvalue weighted by Crippen LogP contribution is 2.22. The highest BCUT2D eigenvalue weighted by atomic mass is 35.5. The second-order valence-electron chi connectivity index (χ2n) is 7.81. The fraction of sp³-hybridized carbons (Fsp3) is 0.391. The highest BCUT2D eigenvalue weighted by Gasteiger charge is 2.30. The van der Waals surface area contributed by atoms with Gasteiger partial charge in [-0.1, -0.05) is 37.6 Å². The number of carbonyl (C=O) groups excluding carboxylic acids is 1. The molecule has 1 unspecified atom stereocenters. The fourth-order valence-electron chi connectivity index (χ4n) is 3.40. The zero-order valence-corrected chi connectivity index (χ0v) is 19.1. The summed E-state index contributed by atoms with van der Waals surface area (Å²) in [6.45, 7) is 5.72. The van der Waals surface area contributed by atoms with Crippen molar-refractivity contribution in [3.63, 3.8) is 0 Å². The first-order chi connectivity index (χ1) is 15.7. The summed E-state index contributed by atoms with van der Waals surface area (Å²) in [6, 6.07) is 9.21. The number of aryl methyl sites for hydroxylation is 1. The van der Waals surface area contributed by atoms with Gasteiger partial charge >= 0.3 is 6.36 Å². The molecular formula is C23H26ClF3N4O2. The van der Waals surface area contributed by atoms with Crippen LogP contribution in [0.25, 0.3) is 5.65 Å². The van der Waals surface area contributed by atoms with E-state index in [1.807, 2.05) is 13.8 Å². The lowest BCUT2D eigenvalue weighted by atomic mass is 10.1. The fourth-order valence-corrected chi connectivity index (χ4v) is 3.55. The molecule has 3 rings (SSSR count). The van der Waals surface area contributed by atoms with Crippen molar-refractivity contribution in [1.82, 2.24) is 20.0 Å². The number of ether oxygens (including phenoxy) is 1. The van der Waals surface area contributed by atoms with E-state index in [9.17, 15) is 18.0 Å². The van der Waals surface area contributed by atoms with E-state index >= 15 is 0 Å². The summed E-state index contributed by atoms with van der Waals surface area (Å²) >= 11 is 6.03. The van der Waals surface area contributed by atoms with Crippen molar-refractivity contribution in [2.75, 3.05) is 13.1 Å². The Morgan fingerprint density at radius 1 is 1.24 bits per heavy atom. The van der Waals surface area contributed by atoms with Crippen molar-refractivity contribution in [1.29, 1.82) is 0 Å². The van der Waals surface area contributed by atoms with E-state index in [4.69, 9.17) is 11.6 Å². The molecule has 2 aromatic heterocycles. The van der Waals surface area contributed by atoms with E-state index in [0.29, 0.717) is 42.4 Å². The van der Waals surface area contributed by atoms with Gasteiger partial charge in [0.2, 0.25) is 0 Å². The molecule has 0 aliphatic rings. The van der Waals surface area contributed by atoms with E-state index in [-0.39, 0.29) is 17.6 Å². The molecule has 0 fully saturated rings. The van der Waals surface area contributed by atoms with Gasteiger partial charge in [-0.2, -0.15) is 0 Å². The molecule has 0 aliphatic heterocycles.